The largest absolute Gasteiger partial charge is 0.490 e. The molecule has 0 spiro atoms. The summed E-state index contributed by atoms with van der Waals surface area (Å²) in [5.41, 5.74) is 0.230. The minimum Gasteiger partial charge on any atom is -0.490 e. The second-order valence-electron chi connectivity index (χ2n) is 7.46. The van der Waals surface area contributed by atoms with Crippen LogP contribution < -0.4 is 14.8 Å². The minimum atomic E-state index is -3.11. The molecule has 0 aliphatic carbocycles. The van der Waals surface area contributed by atoms with Crippen LogP contribution in [0.2, 0.25) is 0 Å². The number of rotatable bonds is 9. The van der Waals surface area contributed by atoms with Gasteiger partial charge in [0.2, 0.25) is 0 Å². The number of hydrogen-bond acceptors (Lipinski definition) is 7. The third-order valence-electron chi connectivity index (χ3n) is 4.28. The quantitative estimate of drug-likeness (QED) is 0.600. The normalized spacial score (nSPS) is 18.9. The Kier molecular flexibility index (Phi) is 7.89. The molecule has 1 N–H and O–H groups in total. The maximum atomic E-state index is 12.4. The van der Waals surface area contributed by atoms with Crippen LogP contribution in [0.4, 0.5) is 0 Å². The monoisotopic (exact) mass is 427 g/mol. The Balaban J connectivity index is 1.99. The summed E-state index contributed by atoms with van der Waals surface area (Å²) in [5, 5.41) is 2.62. The first-order valence-electron chi connectivity index (χ1n) is 9.72. The van der Waals surface area contributed by atoms with Crippen molar-refractivity contribution in [3.63, 3.8) is 0 Å². The van der Waals surface area contributed by atoms with Crippen molar-refractivity contribution in [2.45, 2.75) is 46.3 Å². The van der Waals surface area contributed by atoms with E-state index < -0.39 is 33.9 Å². The molecule has 162 valence electrons. The van der Waals surface area contributed by atoms with Crippen molar-refractivity contribution in [3.8, 4) is 11.5 Å². The molecule has 1 aromatic rings. The van der Waals surface area contributed by atoms with Crippen molar-refractivity contribution in [1.82, 2.24) is 5.32 Å². The van der Waals surface area contributed by atoms with Gasteiger partial charge in [-0.1, -0.05) is 13.8 Å². The lowest BCUT2D eigenvalue weighted by atomic mass is 10.2. The Hall–Kier alpha value is -2.29. The smallest absolute Gasteiger partial charge is 0.339 e. The topological polar surface area (TPSA) is 108 Å². The van der Waals surface area contributed by atoms with Crippen molar-refractivity contribution in [2.75, 3.05) is 24.7 Å². The van der Waals surface area contributed by atoms with Gasteiger partial charge in [0.25, 0.3) is 5.91 Å². The second-order valence-corrected chi connectivity index (χ2v) is 9.68. The standard InChI is InChI=1S/C20H29NO7S/c1-5-26-18-10-15(6-7-17(18)27-11-13(2)3)20(23)28-14(4)19(22)21-16-8-9-29(24,25)12-16/h6-7,10,13-14,16H,5,8-9,11-12H2,1-4H3,(H,21,22)/t14-,16+/m1/s1. The Morgan fingerprint density at radius 2 is 1.90 bits per heavy atom. The van der Waals surface area contributed by atoms with Crippen molar-refractivity contribution in [1.29, 1.82) is 0 Å². The first kappa shape index (κ1) is 23.0. The van der Waals surface area contributed by atoms with E-state index in [2.05, 4.69) is 5.32 Å². The molecule has 1 amide bonds. The van der Waals surface area contributed by atoms with Crippen molar-refractivity contribution in [3.05, 3.63) is 23.8 Å². The number of sulfone groups is 1. The van der Waals surface area contributed by atoms with Gasteiger partial charge in [-0.15, -0.1) is 0 Å². The van der Waals surface area contributed by atoms with Crippen LogP contribution in [-0.2, 0) is 19.4 Å². The van der Waals surface area contributed by atoms with Crippen molar-refractivity contribution < 1.29 is 32.2 Å². The van der Waals surface area contributed by atoms with Gasteiger partial charge >= 0.3 is 5.97 Å². The summed E-state index contributed by atoms with van der Waals surface area (Å²) < 4.78 is 39.5. The van der Waals surface area contributed by atoms with Gasteiger partial charge in [0, 0.05) is 6.04 Å². The number of carbonyl (C=O) groups excluding carboxylic acids is 2. The lowest BCUT2D eigenvalue weighted by Gasteiger charge is -2.17. The number of amides is 1. The highest BCUT2D eigenvalue weighted by atomic mass is 32.2. The van der Waals surface area contributed by atoms with E-state index in [0.29, 0.717) is 37.1 Å². The molecule has 1 fully saturated rings. The molecule has 2 atom stereocenters. The second kappa shape index (κ2) is 9.96. The summed E-state index contributed by atoms with van der Waals surface area (Å²) in [6.45, 7) is 8.24. The van der Waals surface area contributed by atoms with E-state index in [0.717, 1.165) is 0 Å². The third-order valence-corrected chi connectivity index (χ3v) is 6.05. The Morgan fingerprint density at radius 1 is 1.17 bits per heavy atom. The number of hydrogen-bond donors (Lipinski definition) is 1. The minimum absolute atomic E-state index is 0.0531. The van der Waals surface area contributed by atoms with Crippen LogP contribution in [-0.4, -0.2) is 57.2 Å². The molecule has 0 radical (unpaired) electrons. The van der Waals surface area contributed by atoms with E-state index in [1.807, 2.05) is 20.8 Å². The van der Waals surface area contributed by atoms with Gasteiger partial charge in [-0.25, -0.2) is 13.2 Å². The van der Waals surface area contributed by atoms with E-state index in [1.54, 1.807) is 12.1 Å². The van der Waals surface area contributed by atoms with Crippen LogP contribution in [0.3, 0.4) is 0 Å². The molecule has 0 aromatic heterocycles. The van der Waals surface area contributed by atoms with Gasteiger partial charge in [0.15, 0.2) is 27.4 Å². The molecule has 1 aliphatic heterocycles. The average molecular weight is 428 g/mol. The Morgan fingerprint density at radius 3 is 2.48 bits per heavy atom. The number of nitrogens with one attached hydrogen (secondary N) is 1. The number of carbonyl (C=O) groups is 2. The molecule has 0 saturated carbocycles. The van der Waals surface area contributed by atoms with Crippen LogP contribution in [0.5, 0.6) is 11.5 Å². The average Bonchev–Trinajstić information content (AvgIpc) is 2.98. The molecule has 1 aliphatic rings. The highest BCUT2D eigenvalue weighted by Crippen LogP contribution is 2.29. The third kappa shape index (κ3) is 6.92. The predicted molar refractivity (Wildman–Crippen MR) is 108 cm³/mol. The molecular formula is C20H29NO7S. The molecule has 29 heavy (non-hydrogen) atoms. The summed E-state index contributed by atoms with van der Waals surface area (Å²) in [4.78, 5) is 24.7. The molecule has 9 heteroatoms. The summed E-state index contributed by atoms with van der Waals surface area (Å²) in [7, 11) is -3.11. The van der Waals surface area contributed by atoms with Crippen molar-refractivity contribution in [2.24, 2.45) is 5.92 Å². The van der Waals surface area contributed by atoms with Gasteiger partial charge in [-0.2, -0.15) is 0 Å². The first-order valence-corrected chi connectivity index (χ1v) is 11.5. The van der Waals surface area contributed by atoms with E-state index in [1.165, 1.54) is 13.0 Å². The van der Waals surface area contributed by atoms with Crippen molar-refractivity contribution >= 4 is 21.7 Å². The molecule has 0 unspecified atom stereocenters. The maximum absolute atomic E-state index is 12.4. The number of ether oxygens (including phenoxy) is 3. The van der Waals surface area contributed by atoms with Gasteiger partial charge in [-0.05, 0) is 44.4 Å². The fourth-order valence-electron chi connectivity index (χ4n) is 2.79. The maximum Gasteiger partial charge on any atom is 0.339 e. The van der Waals surface area contributed by atoms with Crippen LogP contribution in [0.15, 0.2) is 18.2 Å². The fraction of sp³-hybridized carbons (Fsp3) is 0.600. The van der Waals surface area contributed by atoms with E-state index >= 15 is 0 Å². The lowest BCUT2D eigenvalue weighted by Crippen LogP contribution is -2.42. The predicted octanol–water partition coefficient (Wildman–Crippen LogP) is 1.97. The number of esters is 1. The van der Waals surface area contributed by atoms with Gasteiger partial charge in [-0.3, -0.25) is 4.79 Å². The molecule has 1 heterocycles. The SMILES string of the molecule is CCOc1cc(C(=O)O[C@H](C)C(=O)N[C@H]2CCS(=O)(=O)C2)ccc1OCC(C)C. The van der Waals surface area contributed by atoms with Crippen LogP contribution in [0, 0.1) is 5.92 Å². The van der Waals surface area contributed by atoms with E-state index in [9.17, 15) is 18.0 Å². The highest BCUT2D eigenvalue weighted by Gasteiger charge is 2.31. The molecule has 1 saturated heterocycles. The Labute approximate surface area is 171 Å². The summed E-state index contributed by atoms with van der Waals surface area (Å²) >= 11 is 0. The van der Waals surface area contributed by atoms with Crippen LogP contribution in [0.25, 0.3) is 0 Å². The zero-order chi connectivity index (χ0) is 21.6. The van der Waals surface area contributed by atoms with E-state index in [4.69, 9.17) is 14.2 Å². The van der Waals surface area contributed by atoms with Gasteiger partial charge in [0.05, 0.1) is 30.3 Å². The zero-order valence-corrected chi connectivity index (χ0v) is 18.1. The highest BCUT2D eigenvalue weighted by molar-refractivity contribution is 7.91. The summed E-state index contributed by atoms with van der Waals surface area (Å²) in [6, 6.07) is 4.26. The molecule has 8 nitrogen and oxygen atoms in total. The van der Waals surface area contributed by atoms with E-state index in [-0.39, 0.29) is 17.1 Å². The lowest BCUT2D eigenvalue weighted by molar-refractivity contribution is -0.129. The van der Waals surface area contributed by atoms with Gasteiger partial charge in [0.1, 0.15) is 0 Å². The van der Waals surface area contributed by atoms with Crippen LogP contribution >= 0.6 is 0 Å². The summed E-state index contributed by atoms with van der Waals surface area (Å²) in [5.74, 6) is 0.0574. The van der Waals surface area contributed by atoms with Crippen LogP contribution in [0.1, 0.15) is 44.5 Å². The number of benzene rings is 1. The Bertz CT molecular complexity index is 835. The summed E-state index contributed by atoms with van der Waals surface area (Å²) in [6.07, 6.45) is -0.692. The molecule has 1 aromatic carbocycles. The van der Waals surface area contributed by atoms with Gasteiger partial charge < -0.3 is 19.5 Å². The molecular weight excluding hydrogens is 398 g/mol. The zero-order valence-electron chi connectivity index (χ0n) is 17.3. The first-order chi connectivity index (χ1) is 13.6. The molecule has 0 bridgehead atoms. The molecule has 2 rings (SSSR count). The fourth-order valence-corrected chi connectivity index (χ4v) is 4.46.